The number of rotatable bonds is 5. The van der Waals surface area contributed by atoms with Gasteiger partial charge in [0.1, 0.15) is 0 Å². The molecule has 0 aromatic carbocycles. The third-order valence-electron chi connectivity index (χ3n) is 8.16. The molecule has 134 valence electrons. The van der Waals surface area contributed by atoms with Crippen LogP contribution < -0.4 is 0 Å². The molecule has 3 aliphatic carbocycles. The van der Waals surface area contributed by atoms with Gasteiger partial charge in [-0.15, -0.1) is 0 Å². The number of hydrogen-bond acceptors (Lipinski definition) is 0. The van der Waals surface area contributed by atoms with Crippen LogP contribution in [0.4, 0.5) is 0 Å². The second kappa shape index (κ2) is 8.91. The first-order valence-corrected chi connectivity index (χ1v) is 11.3. The molecule has 3 saturated carbocycles. The minimum Gasteiger partial charge on any atom is -0.0654 e. The predicted molar refractivity (Wildman–Crippen MR) is 102 cm³/mol. The molecule has 1 unspecified atom stereocenters. The first kappa shape index (κ1) is 17.8. The van der Waals surface area contributed by atoms with E-state index in [1.807, 2.05) is 0 Å². The van der Waals surface area contributed by atoms with Crippen LogP contribution in [0.25, 0.3) is 0 Å². The summed E-state index contributed by atoms with van der Waals surface area (Å²) < 4.78 is 0. The van der Waals surface area contributed by atoms with Crippen LogP contribution >= 0.6 is 0 Å². The maximum Gasteiger partial charge on any atom is -0.0386 e. The average molecular weight is 319 g/mol. The fourth-order valence-corrected chi connectivity index (χ4v) is 6.57. The molecule has 0 aromatic rings. The number of hydrogen-bond donors (Lipinski definition) is 0. The monoisotopic (exact) mass is 318 g/mol. The molecule has 1 atom stereocenters. The summed E-state index contributed by atoms with van der Waals surface area (Å²) in [4.78, 5) is 0. The lowest BCUT2D eigenvalue weighted by Crippen LogP contribution is -2.29. The third kappa shape index (κ3) is 4.76. The highest BCUT2D eigenvalue weighted by molar-refractivity contribution is 4.85. The van der Waals surface area contributed by atoms with Gasteiger partial charge in [0.15, 0.2) is 0 Å². The molecule has 0 saturated heterocycles. The largest absolute Gasteiger partial charge is 0.0654 e. The zero-order valence-electron chi connectivity index (χ0n) is 16.1. The van der Waals surface area contributed by atoms with E-state index < -0.39 is 0 Å². The summed E-state index contributed by atoms with van der Waals surface area (Å²) in [5.41, 5.74) is 0. The molecule has 0 aliphatic heterocycles. The van der Waals surface area contributed by atoms with E-state index >= 15 is 0 Å². The summed E-state index contributed by atoms with van der Waals surface area (Å²) in [5, 5.41) is 0. The summed E-state index contributed by atoms with van der Waals surface area (Å²) in [5.74, 6) is 6.50. The quantitative estimate of drug-likeness (QED) is 0.489. The van der Waals surface area contributed by atoms with E-state index in [9.17, 15) is 0 Å². The van der Waals surface area contributed by atoms with Gasteiger partial charge in [-0.25, -0.2) is 0 Å². The lowest BCUT2D eigenvalue weighted by molar-refractivity contribution is 0.102. The fourth-order valence-electron chi connectivity index (χ4n) is 6.57. The van der Waals surface area contributed by atoms with Gasteiger partial charge in [-0.05, 0) is 86.9 Å². The standard InChI is InChI=1S/C23H42/c1-3-7-18(2)19-10-12-22(13-11-19)23-16-14-21(15-17-23)20-8-5-4-6-9-20/h18-23H,3-17H2,1-2H3. The smallest absolute Gasteiger partial charge is 0.0386 e. The van der Waals surface area contributed by atoms with E-state index in [-0.39, 0.29) is 0 Å². The summed E-state index contributed by atoms with van der Waals surface area (Å²) in [6, 6.07) is 0. The second-order valence-corrected chi connectivity index (χ2v) is 9.51. The predicted octanol–water partition coefficient (Wildman–Crippen LogP) is 7.62. The topological polar surface area (TPSA) is 0 Å². The summed E-state index contributed by atoms with van der Waals surface area (Å²) >= 11 is 0. The van der Waals surface area contributed by atoms with Crippen molar-refractivity contribution < 1.29 is 0 Å². The molecule has 0 aromatic heterocycles. The molecule has 0 bridgehead atoms. The Morgan fingerprint density at radius 2 is 1.04 bits per heavy atom. The first-order chi connectivity index (χ1) is 11.3. The van der Waals surface area contributed by atoms with Gasteiger partial charge < -0.3 is 0 Å². The molecule has 0 amide bonds. The van der Waals surface area contributed by atoms with Crippen molar-refractivity contribution in [3.8, 4) is 0 Å². The molecule has 0 heteroatoms. The Morgan fingerprint density at radius 1 is 0.609 bits per heavy atom. The van der Waals surface area contributed by atoms with E-state index in [4.69, 9.17) is 0 Å². The summed E-state index contributed by atoms with van der Waals surface area (Å²) in [7, 11) is 0. The molecule has 0 heterocycles. The van der Waals surface area contributed by atoms with Crippen molar-refractivity contribution in [2.45, 2.75) is 110 Å². The highest BCUT2D eigenvalue weighted by Crippen LogP contribution is 2.46. The van der Waals surface area contributed by atoms with E-state index in [2.05, 4.69) is 13.8 Å². The van der Waals surface area contributed by atoms with Gasteiger partial charge in [-0.2, -0.15) is 0 Å². The van der Waals surface area contributed by atoms with E-state index in [0.717, 1.165) is 35.5 Å². The Morgan fingerprint density at radius 3 is 1.52 bits per heavy atom. The van der Waals surface area contributed by atoms with E-state index in [0.29, 0.717) is 0 Å². The minimum atomic E-state index is 0.989. The minimum absolute atomic E-state index is 0.989. The van der Waals surface area contributed by atoms with Crippen LogP contribution in [0.15, 0.2) is 0 Å². The van der Waals surface area contributed by atoms with Gasteiger partial charge in [0.25, 0.3) is 0 Å². The first-order valence-electron chi connectivity index (χ1n) is 11.3. The van der Waals surface area contributed by atoms with Crippen LogP contribution in [0.2, 0.25) is 0 Å². The van der Waals surface area contributed by atoms with Crippen LogP contribution in [0.3, 0.4) is 0 Å². The Hall–Kier alpha value is 0. The molecule has 0 N–H and O–H groups in total. The van der Waals surface area contributed by atoms with Gasteiger partial charge >= 0.3 is 0 Å². The van der Waals surface area contributed by atoms with Crippen molar-refractivity contribution >= 4 is 0 Å². The summed E-state index contributed by atoms with van der Waals surface area (Å²) in [6.07, 6.45) is 23.1. The zero-order chi connectivity index (χ0) is 16.1. The third-order valence-corrected chi connectivity index (χ3v) is 8.16. The van der Waals surface area contributed by atoms with Crippen LogP contribution in [-0.2, 0) is 0 Å². The highest BCUT2D eigenvalue weighted by atomic mass is 14.4. The van der Waals surface area contributed by atoms with Gasteiger partial charge in [-0.3, -0.25) is 0 Å². The highest BCUT2D eigenvalue weighted by Gasteiger charge is 2.34. The van der Waals surface area contributed by atoms with Crippen LogP contribution in [-0.4, -0.2) is 0 Å². The fraction of sp³-hybridized carbons (Fsp3) is 1.00. The molecule has 0 spiro atoms. The van der Waals surface area contributed by atoms with Gasteiger partial charge in [0, 0.05) is 0 Å². The molecule has 0 nitrogen and oxygen atoms in total. The molecular formula is C23H42. The molecule has 3 aliphatic rings. The Labute approximate surface area is 146 Å². The Kier molecular flexibility index (Phi) is 6.90. The van der Waals surface area contributed by atoms with Crippen molar-refractivity contribution in [1.82, 2.24) is 0 Å². The van der Waals surface area contributed by atoms with Crippen molar-refractivity contribution in [3.05, 3.63) is 0 Å². The Bertz CT molecular complexity index is 311. The normalized spacial score (nSPS) is 38.3. The zero-order valence-corrected chi connectivity index (χ0v) is 16.1. The van der Waals surface area contributed by atoms with Gasteiger partial charge in [0.05, 0.1) is 0 Å². The van der Waals surface area contributed by atoms with E-state index in [1.54, 1.807) is 64.2 Å². The van der Waals surface area contributed by atoms with Crippen LogP contribution in [0, 0.1) is 35.5 Å². The SMILES string of the molecule is CCCC(C)C1CCC(C2CCC(C3CCCCC3)CC2)CC1. The van der Waals surface area contributed by atoms with Crippen LogP contribution in [0.1, 0.15) is 110 Å². The molecule has 3 fully saturated rings. The molecule has 23 heavy (non-hydrogen) atoms. The van der Waals surface area contributed by atoms with Gasteiger partial charge in [0.2, 0.25) is 0 Å². The van der Waals surface area contributed by atoms with Crippen molar-refractivity contribution in [2.24, 2.45) is 35.5 Å². The lowest BCUT2D eigenvalue weighted by atomic mass is 9.65. The Balaban J connectivity index is 1.39. The molecule has 3 rings (SSSR count). The molecule has 0 radical (unpaired) electrons. The second-order valence-electron chi connectivity index (χ2n) is 9.51. The maximum absolute atomic E-state index is 2.52. The van der Waals surface area contributed by atoms with Crippen molar-refractivity contribution in [1.29, 1.82) is 0 Å². The summed E-state index contributed by atoms with van der Waals surface area (Å²) in [6.45, 7) is 4.87. The van der Waals surface area contributed by atoms with Crippen molar-refractivity contribution in [3.63, 3.8) is 0 Å². The lowest BCUT2D eigenvalue weighted by Gasteiger charge is -2.41. The molecular weight excluding hydrogens is 276 g/mol. The van der Waals surface area contributed by atoms with E-state index in [1.165, 1.54) is 32.1 Å². The average Bonchev–Trinajstić information content (AvgIpc) is 2.63. The van der Waals surface area contributed by atoms with Crippen LogP contribution in [0.5, 0.6) is 0 Å². The maximum atomic E-state index is 2.52. The van der Waals surface area contributed by atoms with Gasteiger partial charge in [-0.1, -0.05) is 58.8 Å². The van der Waals surface area contributed by atoms with Crippen molar-refractivity contribution in [2.75, 3.05) is 0 Å².